The molecular formula is C19H21NO2. The predicted molar refractivity (Wildman–Crippen MR) is 88.3 cm³/mol. The number of rotatable bonds is 2. The maximum Gasteiger partial charge on any atom is 0.306 e. The van der Waals surface area contributed by atoms with Crippen molar-refractivity contribution < 1.29 is 9.90 Å². The Morgan fingerprint density at radius 1 is 1.05 bits per heavy atom. The number of hydrogen-bond donors (Lipinski definition) is 2. The highest BCUT2D eigenvalue weighted by Gasteiger charge is 2.35. The Labute approximate surface area is 130 Å². The molecule has 1 unspecified atom stereocenters. The summed E-state index contributed by atoms with van der Waals surface area (Å²) in [5.41, 5.74) is 2.72. The zero-order valence-electron chi connectivity index (χ0n) is 12.6. The topological polar surface area (TPSA) is 49.3 Å². The van der Waals surface area contributed by atoms with Gasteiger partial charge in [-0.1, -0.05) is 30.3 Å². The molecule has 3 nitrogen and oxygen atoms in total. The van der Waals surface area contributed by atoms with Crippen LogP contribution in [0.5, 0.6) is 0 Å². The Balaban J connectivity index is 1.65. The van der Waals surface area contributed by atoms with Gasteiger partial charge in [-0.15, -0.1) is 0 Å². The molecule has 1 aliphatic carbocycles. The van der Waals surface area contributed by atoms with E-state index in [0.717, 1.165) is 32.2 Å². The maximum absolute atomic E-state index is 11.1. The Bertz CT molecular complexity index is 716. The molecule has 1 atom stereocenters. The highest BCUT2D eigenvalue weighted by atomic mass is 16.4. The normalized spacial score (nSPS) is 27.4. The van der Waals surface area contributed by atoms with Crippen LogP contribution >= 0.6 is 0 Å². The van der Waals surface area contributed by atoms with E-state index >= 15 is 0 Å². The number of benzene rings is 2. The van der Waals surface area contributed by atoms with Gasteiger partial charge >= 0.3 is 5.97 Å². The number of hydrogen-bond acceptors (Lipinski definition) is 2. The average Bonchev–Trinajstić information content (AvgIpc) is 2.99. The predicted octanol–water partition coefficient (Wildman–Crippen LogP) is 4.24. The van der Waals surface area contributed by atoms with Crippen molar-refractivity contribution in [2.24, 2.45) is 11.8 Å². The van der Waals surface area contributed by atoms with Crippen molar-refractivity contribution in [3.05, 3.63) is 42.0 Å². The minimum Gasteiger partial charge on any atom is -0.481 e. The van der Waals surface area contributed by atoms with Crippen molar-refractivity contribution in [2.75, 3.05) is 11.9 Å². The molecule has 114 valence electrons. The first-order valence-corrected chi connectivity index (χ1v) is 8.22. The number of aliphatic carboxylic acids is 1. The van der Waals surface area contributed by atoms with Crippen molar-refractivity contribution in [1.82, 2.24) is 0 Å². The third-order valence-electron chi connectivity index (χ3n) is 5.54. The molecule has 2 aromatic rings. The fourth-order valence-electron chi connectivity index (χ4n) is 4.34. The zero-order valence-corrected chi connectivity index (χ0v) is 12.6. The van der Waals surface area contributed by atoms with Crippen LogP contribution in [0.3, 0.4) is 0 Å². The quantitative estimate of drug-likeness (QED) is 0.871. The Morgan fingerprint density at radius 2 is 1.82 bits per heavy atom. The molecule has 1 saturated carbocycles. The van der Waals surface area contributed by atoms with E-state index in [1.54, 1.807) is 0 Å². The summed E-state index contributed by atoms with van der Waals surface area (Å²) in [7, 11) is 0. The zero-order chi connectivity index (χ0) is 15.1. The largest absolute Gasteiger partial charge is 0.481 e. The molecule has 0 spiro atoms. The van der Waals surface area contributed by atoms with Gasteiger partial charge in [-0.05, 0) is 54.0 Å². The van der Waals surface area contributed by atoms with Crippen molar-refractivity contribution >= 4 is 22.4 Å². The van der Waals surface area contributed by atoms with Crippen molar-refractivity contribution in [3.63, 3.8) is 0 Å². The van der Waals surface area contributed by atoms with Crippen molar-refractivity contribution in [2.45, 2.75) is 31.6 Å². The maximum atomic E-state index is 11.1. The van der Waals surface area contributed by atoms with Gasteiger partial charge in [0.15, 0.2) is 0 Å². The van der Waals surface area contributed by atoms with Crippen LogP contribution in [0, 0.1) is 11.8 Å². The minimum absolute atomic E-state index is 0.127. The Morgan fingerprint density at radius 3 is 2.59 bits per heavy atom. The molecule has 0 radical (unpaired) electrons. The summed E-state index contributed by atoms with van der Waals surface area (Å²) in [6.07, 6.45) is 3.73. The van der Waals surface area contributed by atoms with E-state index < -0.39 is 5.97 Å². The molecule has 0 saturated heterocycles. The van der Waals surface area contributed by atoms with Gasteiger partial charge in [0.05, 0.1) is 5.92 Å². The van der Waals surface area contributed by atoms with Gasteiger partial charge in [-0.3, -0.25) is 4.79 Å². The SMILES string of the molecule is O=C(O)C1CCC(C2CNc3ccc4ccccc4c32)CC1. The molecule has 0 aromatic heterocycles. The van der Waals surface area contributed by atoms with Gasteiger partial charge in [0.2, 0.25) is 0 Å². The second-order valence-electron chi connectivity index (χ2n) is 6.69. The van der Waals surface area contributed by atoms with Crippen LogP contribution in [0.4, 0.5) is 5.69 Å². The van der Waals surface area contributed by atoms with Crippen LogP contribution in [0.1, 0.15) is 37.2 Å². The number of nitrogens with one attached hydrogen (secondary N) is 1. The van der Waals surface area contributed by atoms with Crippen LogP contribution in [0.15, 0.2) is 36.4 Å². The number of carboxylic acid groups (broad SMARTS) is 1. The number of anilines is 1. The van der Waals surface area contributed by atoms with Crippen LogP contribution in [0.25, 0.3) is 10.8 Å². The summed E-state index contributed by atoms with van der Waals surface area (Å²) >= 11 is 0. The standard InChI is InChI=1S/C19H21NO2/c21-19(22)14-7-5-13(6-8-14)16-11-20-17-10-9-12-3-1-2-4-15(12)18(16)17/h1-4,9-10,13-14,16,20H,5-8,11H2,(H,21,22). The van der Waals surface area contributed by atoms with Crippen LogP contribution in [-0.2, 0) is 4.79 Å². The van der Waals surface area contributed by atoms with Gasteiger partial charge in [0.1, 0.15) is 0 Å². The van der Waals surface area contributed by atoms with Gasteiger partial charge in [-0.2, -0.15) is 0 Å². The second-order valence-corrected chi connectivity index (χ2v) is 6.69. The first kappa shape index (κ1) is 13.6. The summed E-state index contributed by atoms with van der Waals surface area (Å²) in [6, 6.07) is 13.0. The van der Waals surface area contributed by atoms with Crippen molar-refractivity contribution in [1.29, 1.82) is 0 Å². The first-order chi connectivity index (χ1) is 10.7. The molecule has 3 heteroatoms. The summed E-state index contributed by atoms with van der Waals surface area (Å²) in [5.74, 6) is 0.387. The number of carboxylic acids is 1. The monoisotopic (exact) mass is 295 g/mol. The van der Waals surface area contributed by atoms with Gasteiger partial charge in [-0.25, -0.2) is 0 Å². The molecule has 1 heterocycles. The minimum atomic E-state index is -0.617. The summed E-state index contributed by atoms with van der Waals surface area (Å²) in [5, 5.41) is 15.4. The second kappa shape index (κ2) is 5.31. The van der Waals surface area contributed by atoms with Crippen LogP contribution in [0.2, 0.25) is 0 Å². The fourth-order valence-corrected chi connectivity index (χ4v) is 4.34. The molecule has 2 N–H and O–H groups in total. The van der Waals surface area contributed by atoms with Gasteiger partial charge < -0.3 is 10.4 Å². The highest BCUT2D eigenvalue weighted by Crippen LogP contribution is 2.46. The highest BCUT2D eigenvalue weighted by molar-refractivity contribution is 5.92. The third kappa shape index (κ3) is 2.16. The molecule has 1 aliphatic heterocycles. The van der Waals surface area contributed by atoms with E-state index in [1.807, 2.05) is 0 Å². The summed E-state index contributed by atoms with van der Waals surface area (Å²) in [6.45, 7) is 0.992. The van der Waals surface area contributed by atoms with Gasteiger partial charge in [0, 0.05) is 18.2 Å². The van der Waals surface area contributed by atoms with Crippen molar-refractivity contribution in [3.8, 4) is 0 Å². The Hall–Kier alpha value is -2.03. The van der Waals surface area contributed by atoms with E-state index in [2.05, 4.69) is 41.7 Å². The lowest BCUT2D eigenvalue weighted by Gasteiger charge is -2.30. The third-order valence-corrected chi connectivity index (χ3v) is 5.54. The number of carbonyl (C=O) groups is 1. The first-order valence-electron chi connectivity index (χ1n) is 8.22. The van der Waals surface area contributed by atoms with Crippen LogP contribution in [-0.4, -0.2) is 17.6 Å². The molecule has 2 aromatic carbocycles. The summed E-state index contributed by atoms with van der Waals surface area (Å²) < 4.78 is 0. The van der Waals surface area contributed by atoms with E-state index in [0.29, 0.717) is 11.8 Å². The van der Waals surface area contributed by atoms with Crippen LogP contribution < -0.4 is 5.32 Å². The molecular weight excluding hydrogens is 274 g/mol. The molecule has 22 heavy (non-hydrogen) atoms. The summed E-state index contributed by atoms with van der Waals surface area (Å²) in [4.78, 5) is 11.1. The van der Waals surface area contributed by atoms with E-state index in [4.69, 9.17) is 0 Å². The van der Waals surface area contributed by atoms with Gasteiger partial charge in [0.25, 0.3) is 0 Å². The van der Waals surface area contributed by atoms with E-state index in [-0.39, 0.29) is 5.92 Å². The molecule has 2 aliphatic rings. The van der Waals surface area contributed by atoms with E-state index in [1.165, 1.54) is 22.0 Å². The lowest BCUT2D eigenvalue weighted by molar-refractivity contribution is -0.143. The molecule has 0 amide bonds. The van der Waals surface area contributed by atoms with E-state index in [9.17, 15) is 9.90 Å². The molecule has 4 rings (SSSR count). The lowest BCUT2D eigenvalue weighted by Crippen LogP contribution is -2.25. The lowest BCUT2D eigenvalue weighted by atomic mass is 9.73. The fraction of sp³-hybridized carbons (Fsp3) is 0.421. The number of fused-ring (bicyclic) bond motifs is 3. The Kier molecular flexibility index (Phi) is 3.29. The average molecular weight is 295 g/mol. The molecule has 1 fully saturated rings. The smallest absolute Gasteiger partial charge is 0.306 e. The molecule has 0 bridgehead atoms.